The van der Waals surface area contributed by atoms with E-state index in [9.17, 15) is 9.59 Å². The Bertz CT molecular complexity index is 238. The summed E-state index contributed by atoms with van der Waals surface area (Å²) in [4.78, 5) is 21.4. The van der Waals surface area contributed by atoms with Crippen molar-refractivity contribution < 1.29 is 19.8 Å². The molecule has 0 unspecified atom stereocenters. The smallest absolute Gasteiger partial charge is 0.334 e. The highest BCUT2D eigenvalue weighted by Crippen LogP contribution is 2.00. The number of rotatable bonds is 9. The highest BCUT2D eigenvalue weighted by Gasteiger charge is 2.13. The van der Waals surface area contributed by atoms with Gasteiger partial charge in [0.05, 0.1) is 6.54 Å². The number of hydrogen-bond acceptors (Lipinski definition) is 4. The number of urea groups is 1. The van der Waals surface area contributed by atoms with Gasteiger partial charge in [-0.05, 0) is 24.9 Å². The van der Waals surface area contributed by atoms with Crippen molar-refractivity contribution >= 4 is 23.8 Å². The molecule has 0 saturated carbocycles. The van der Waals surface area contributed by atoms with Crippen molar-refractivity contribution in [3.8, 4) is 0 Å². The van der Waals surface area contributed by atoms with E-state index >= 15 is 0 Å². The Morgan fingerprint density at radius 1 is 1.24 bits per heavy atom. The molecule has 0 aromatic carbocycles. The minimum absolute atomic E-state index is 0.284. The molecule has 0 aromatic heterocycles. The maximum atomic E-state index is 11.1. The fraction of sp³-hybridized carbons (Fsp3) is 0.800. The number of amides is 2. The summed E-state index contributed by atoms with van der Waals surface area (Å²) in [6.07, 6.45) is 3.58. The zero-order valence-electron chi connectivity index (χ0n) is 9.94. The molecule has 0 heterocycles. The van der Waals surface area contributed by atoms with E-state index < -0.39 is 18.1 Å². The van der Waals surface area contributed by atoms with Crippen LogP contribution < -0.4 is 10.6 Å². The van der Waals surface area contributed by atoms with E-state index in [-0.39, 0.29) is 6.54 Å². The topological polar surface area (TPSA) is 98.7 Å². The number of carbonyl (C=O) groups is 2. The molecule has 100 valence electrons. The van der Waals surface area contributed by atoms with E-state index in [2.05, 4.69) is 16.9 Å². The number of aliphatic hydroxyl groups is 1. The molecule has 2 amide bonds. The Morgan fingerprint density at radius 3 is 2.53 bits per heavy atom. The molecule has 6 nitrogen and oxygen atoms in total. The minimum Gasteiger partial charge on any atom is -0.479 e. The fourth-order valence-corrected chi connectivity index (χ4v) is 1.58. The summed E-state index contributed by atoms with van der Waals surface area (Å²) >= 11 is 1.80. The number of aliphatic carboxylic acids is 1. The van der Waals surface area contributed by atoms with E-state index in [1.165, 1.54) is 0 Å². The maximum Gasteiger partial charge on any atom is 0.334 e. The monoisotopic (exact) mass is 264 g/mol. The van der Waals surface area contributed by atoms with Crippen molar-refractivity contribution in [3.63, 3.8) is 0 Å². The Labute approximate surface area is 105 Å². The van der Waals surface area contributed by atoms with Crippen LogP contribution >= 0.6 is 11.8 Å². The number of nitrogens with one attached hydrogen (secondary N) is 2. The van der Waals surface area contributed by atoms with Crippen LogP contribution in [0.1, 0.15) is 19.3 Å². The van der Waals surface area contributed by atoms with Gasteiger partial charge in [0.25, 0.3) is 0 Å². The molecule has 0 fully saturated rings. The van der Waals surface area contributed by atoms with Gasteiger partial charge in [0, 0.05) is 6.54 Å². The average molecular weight is 264 g/mol. The van der Waals surface area contributed by atoms with Gasteiger partial charge in [-0.25, -0.2) is 9.59 Å². The Hall–Kier alpha value is -0.950. The predicted molar refractivity (Wildman–Crippen MR) is 67.3 cm³/mol. The number of unbranched alkanes of at least 4 members (excludes halogenated alkanes) is 2. The lowest BCUT2D eigenvalue weighted by Gasteiger charge is -2.09. The molecule has 0 aromatic rings. The number of carboxylic acids is 1. The van der Waals surface area contributed by atoms with Gasteiger partial charge in [-0.15, -0.1) is 0 Å². The summed E-state index contributed by atoms with van der Waals surface area (Å²) in [6.45, 7) is 0.275. The summed E-state index contributed by atoms with van der Waals surface area (Å²) in [5.74, 6) is -0.223. The van der Waals surface area contributed by atoms with Crippen LogP contribution in [-0.4, -0.2) is 53.4 Å². The lowest BCUT2D eigenvalue weighted by Crippen LogP contribution is -2.42. The molecule has 0 radical (unpaired) electrons. The number of thioether (sulfide) groups is 1. The lowest BCUT2D eigenvalue weighted by molar-refractivity contribution is -0.146. The molecule has 17 heavy (non-hydrogen) atoms. The van der Waals surface area contributed by atoms with Crippen molar-refractivity contribution in [2.75, 3.05) is 25.1 Å². The Morgan fingerprint density at radius 2 is 1.94 bits per heavy atom. The van der Waals surface area contributed by atoms with Gasteiger partial charge in [-0.2, -0.15) is 11.8 Å². The van der Waals surface area contributed by atoms with Gasteiger partial charge < -0.3 is 20.8 Å². The highest BCUT2D eigenvalue weighted by atomic mass is 32.2. The van der Waals surface area contributed by atoms with Crippen LogP contribution in [0.2, 0.25) is 0 Å². The Kier molecular flexibility index (Phi) is 9.65. The largest absolute Gasteiger partial charge is 0.479 e. The number of carboxylic acid groups (broad SMARTS) is 1. The second-order valence-electron chi connectivity index (χ2n) is 3.54. The molecular formula is C10H20N2O4S. The lowest BCUT2D eigenvalue weighted by atomic mass is 10.2. The molecule has 0 aliphatic rings. The van der Waals surface area contributed by atoms with E-state index in [0.29, 0.717) is 6.54 Å². The van der Waals surface area contributed by atoms with Gasteiger partial charge in [0.1, 0.15) is 0 Å². The molecule has 7 heteroatoms. The molecule has 0 aliphatic heterocycles. The van der Waals surface area contributed by atoms with Gasteiger partial charge in [-0.3, -0.25) is 0 Å². The van der Waals surface area contributed by atoms with Gasteiger partial charge >= 0.3 is 12.0 Å². The van der Waals surface area contributed by atoms with Crippen molar-refractivity contribution in [1.82, 2.24) is 10.6 Å². The van der Waals surface area contributed by atoms with Crippen LogP contribution in [0.4, 0.5) is 4.79 Å². The van der Waals surface area contributed by atoms with Crippen LogP contribution in [0.3, 0.4) is 0 Å². The number of carbonyl (C=O) groups excluding carboxylic acids is 1. The third-order valence-corrected chi connectivity index (χ3v) is 2.75. The third kappa shape index (κ3) is 9.95. The second-order valence-corrected chi connectivity index (χ2v) is 4.53. The van der Waals surface area contributed by atoms with Crippen molar-refractivity contribution in [3.05, 3.63) is 0 Å². The van der Waals surface area contributed by atoms with Crippen LogP contribution in [0.5, 0.6) is 0 Å². The zero-order valence-corrected chi connectivity index (χ0v) is 10.8. The first-order valence-electron chi connectivity index (χ1n) is 5.49. The molecule has 1 atom stereocenters. The van der Waals surface area contributed by atoms with Crippen LogP contribution in [0.15, 0.2) is 0 Å². The van der Waals surface area contributed by atoms with E-state index in [4.69, 9.17) is 10.2 Å². The quantitative estimate of drug-likeness (QED) is 0.448. The SMILES string of the molecule is CSCCCCCNC(=O)NC[C@H](O)C(=O)O. The van der Waals surface area contributed by atoms with Crippen LogP contribution in [0, 0.1) is 0 Å². The highest BCUT2D eigenvalue weighted by molar-refractivity contribution is 7.98. The van der Waals surface area contributed by atoms with Crippen LogP contribution in [-0.2, 0) is 4.79 Å². The molecule has 0 bridgehead atoms. The molecule has 0 spiro atoms. The van der Waals surface area contributed by atoms with Gasteiger partial charge in [0.15, 0.2) is 6.10 Å². The summed E-state index contributed by atoms with van der Waals surface area (Å²) in [5, 5.41) is 22.1. The summed E-state index contributed by atoms with van der Waals surface area (Å²) in [5.41, 5.74) is 0. The molecule has 0 aliphatic carbocycles. The second kappa shape index (κ2) is 10.2. The first kappa shape index (κ1) is 16.1. The Balaban J connectivity index is 3.38. The van der Waals surface area contributed by atoms with E-state index in [1.807, 2.05) is 0 Å². The summed E-state index contributed by atoms with van der Waals surface area (Å²) in [6, 6.07) is -0.449. The minimum atomic E-state index is -1.55. The van der Waals surface area contributed by atoms with E-state index in [0.717, 1.165) is 25.0 Å². The number of hydrogen-bond donors (Lipinski definition) is 4. The molecule has 0 rings (SSSR count). The molecule has 4 N–H and O–H groups in total. The zero-order chi connectivity index (χ0) is 13.1. The van der Waals surface area contributed by atoms with Gasteiger partial charge in [-0.1, -0.05) is 6.42 Å². The fourth-order valence-electron chi connectivity index (χ4n) is 1.09. The van der Waals surface area contributed by atoms with E-state index in [1.54, 1.807) is 11.8 Å². The molecular weight excluding hydrogens is 244 g/mol. The van der Waals surface area contributed by atoms with Crippen LogP contribution in [0.25, 0.3) is 0 Å². The average Bonchev–Trinajstić information content (AvgIpc) is 2.30. The number of aliphatic hydroxyl groups excluding tert-OH is 1. The molecule has 0 saturated heterocycles. The van der Waals surface area contributed by atoms with Crippen molar-refractivity contribution in [1.29, 1.82) is 0 Å². The summed E-state index contributed by atoms with van der Waals surface area (Å²) < 4.78 is 0. The van der Waals surface area contributed by atoms with Crippen molar-refractivity contribution in [2.45, 2.75) is 25.4 Å². The third-order valence-electron chi connectivity index (χ3n) is 2.05. The summed E-state index contributed by atoms with van der Waals surface area (Å²) in [7, 11) is 0. The normalized spacial score (nSPS) is 11.9. The predicted octanol–water partition coefficient (Wildman–Crippen LogP) is 0.264. The standard InChI is InChI=1S/C10H20N2O4S/c1-17-6-4-2-3-5-11-10(16)12-7-8(13)9(14)15/h8,13H,2-7H2,1H3,(H,14,15)(H2,11,12,16)/t8-/m0/s1. The first-order chi connectivity index (χ1) is 8.07. The first-order valence-corrected chi connectivity index (χ1v) is 6.88. The van der Waals surface area contributed by atoms with Crippen molar-refractivity contribution in [2.24, 2.45) is 0 Å². The maximum absolute atomic E-state index is 11.1. The van der Waals surface area contributed by atoms with Gasteiger partial charge in [0.2, 0.25) is 0 Å².